The second-order valence-corrected chi connectivity index (χ2v) is 5.95. The van der Waals surface area contributed by atoms with Gasteiger partial charge in [0.2, 0.25) is 0 Å². The van der Waals surface area contributed by atoms with Crippen molar-refractivity contribution in [2.24, 2.45) is 11.8 Å². The van der Waals surface area contributed by atoms with Gasteiger partial charge in [0, 0.05) is 0 Å². The summed E-state index contributed by atoms with van der Waals surface area (Å²) in [5, 5.41) is 10.5. The SMILES string of the molecule is C=CCC1(O)C[C@H](C(=O)OC)[C@H](C(=O)OCc2ccccc2)C1. The molecule has 0 aromatic heterocycles. The average Bonchev–Trinajstić information content (AvgIpc) is 2.91. The Morgan fingerprint density at radius 2 is 1.87 bits per heavy atom. The van der Waals surface area contributed by atoms with Crippen molar-refractivity contribution in [1.29, 1.82) is 0 Å². The molecule has 2 rings (SSSR count). The standard InChI is InChI=1S/C18H22O5/c1-3-9-18(21)10-14(16(19)22-2)15(11-18)17(20)23-12-13-7-5-4-6-8-13/h3-8,14-15,21H,1,9-12H2,2H3/t14-,15+,18?/m0/s1. The van der Waals surface area contributed by atoms with E-state index in [4.69, 9.17) is 9.47 Å². The highest BCUT2D eigenvalue weighted by atomic mass is 16.5. The lowest BCUT2D eigenvalue weighted by molar-refractivity contribution is -0.158. The monoisotopic (exact) mass is 318 g/mol. The molecule has 0 saturated heterocycles. The highest BCUT2D eigenvalue weighted by Crippen LogP contribution is 2.43. The van der Waals surface area contributed by atoms with Gasteiger partial charge in [-0.05, 0) is 24.8 Å². The molecule has 5 nitrogen and oxygen atoms in total. The summed E-state index contributed by atoms with van der Waals surface area (Å²) >= 11 is 0. The van der Waals surface area contributed by atoms with Crippen LogP contribution in [0.4, 0.5) is 0 Å². The van der Waals surface area contributed by atoms with Gasteiger partial charge in [0.1, 0.15) is 6.61 Å². The molecule has 1 unspecified atom stereocenters. The smallest absolute Gasteiger partial charge is 0.310 e. The number of carbonyl (C=O) groups is 2. The molecule has 3 atom stereocenters. The zero-order chi connectivity index (χ0) is 16.9. The van der Waals surface area contributed by atoms with E-state index < -0.39 is 29.4 Å². The largest absolute Gasteiger partial charge is 0.469 e. The second-order valence-electron chi connectivity index (χ2n) is 5.95. The number of esters is 2. The minimum Gasteiger partial charge on any atom is -0.469 e. The first-order valence-electron chi connectivity index (χ1n) is 7.61. The third kappa shape index (κ3) is 4.20. The predicted molar refractivity (Wildman–Crippen MR) is 84.2 cm³/mol. The van der Waals surface area contributed by atoms with E-state index in [1.165, 1.54) is 7.11 Å². The number of hydrogen-bond acceptors (Lipinski definition) is 5. The number of carbonyl (C=O) groups excluding carboxylic acids is 2. The molecule has 23 heavy (non-hydrogen) atoms. The lowest BCUT2D eigenvalue weighted by Gasteiger charge is -2.20. The Labute approximate surface area is 135 Å². The molecular formula is C18H22O5. The second kappa shape index (κ2) is 7.42. The van der Waals surface area contributed by atoms with Crippen LogP contribution in [-0.4, -0.2) is 29.8 Å². The van der Waals surface area contributed by atoms with E-state index in [1.807, 2.05) is 30.3 Å². The Balaban J connectivity index is 2.06. The molecule has 1 aromatic rings. The van der Waals surface area contributed by atoms with Crippen LogP contribution in [0.5, 0.6) is 0 Å². The van der Waals surface area contributed by atoms with Crippen LogP contribution in [0.15, 0.2) is 43.0 Å². The molecular weight excluding hydrogens is 296 g/mol. The lowest BCUT2D eigenvalue weighted by atomic mass is 9.96. The van der Waals surface area contributed by atoms with Crippen LogP contribution in [0.25, 0.3) is 0 Å². The maximum atomic E-state index is 12.4. The van der Waals surface area contributed by atoms with Gasteiger partial charge in [-0.25, -0.2) is 0 Å². The zero-order valence-corrected chi connectivity index (χ0v) is 13.2. The summed E-state index contributed by atoms with van der Waals surface area (Å²) < 4.78 is 10.1. The Hall–Kier alpha value is -2.14. The van der Waals surface area contributed by atoms with E-state index in [0.29, 0.717) is 6.42 Å². The fourth-order valence-electron chi connectivity index (χ4n) is 3.10. The number of rotatable bonds is 6. The van der Waals surface area contributed by atoms with Crippen LogP contribution in [0.1, 0.15) is 24.8 Å². The molecule has 124 valence electrons. The molecule has 0 spiro atoms. The highest BCUT2D eigenvalue weighted by molar-refractivity contribution is 5.83. The van der Waals surface area contributed by atoms with Crippen LogP contribution in [0.2, 0.25) is 0 Å². The summed E-state index contributed by atoms with van der Waals surface area (Å²) in [7, 11) is 1.28. The van der Waals surface area contributed by atoms with Crippen LogP contribution < -0.4 is 0 Å². The van der Waals surface area contributed by atoms with Gasteiger partial charge in [0.15, 0.2) is 0 Å². The van der Waals surface area contributed by atoms with E-state index in [1.54, 1.807) is 6.08 Å². The fraction of sp³-hybridized carbons (Fsp3) is 0.444. The molecule has 0 bridgehead atoms. The zero-order valence-electron chi connectivity index (χ0n) is 13.2. The van der Waals surface area contributed by atoms with Crippen LogP contribution in [-0.2, 0) is 25.7 Å². The quantitative estimate of drug-likeness (QED) is 0.643. The van der Waals surface area contributed by atoms with Gasteiger partial charge < -0.3 is 14.6 Å². The van der Waals surface area contributed by atoms with E-state index in [2.05, 4.69) is 6.58 Å². The summed E-state index contributed by atoms with van der Waals surface area (Å²) in [6, 6.07) is 9.31. The number of methoxy groups -OCH3 is 1. The van der Waals surface area contributed by atoms with Crippen LogP contribution >= 0.6 is 0 Å². The molecule has 0 heterocycles. The van der Waals surface area contributed by atoms with Gasteiger partial charge in [-0.2, -0.15) is 0 Å². The topological polar surface area (TPSA) is 72.8 Å². The molecule has 0 radical (unpaired) electrons. The summed E-state index contributed by atoms with van der Waals surface area (Å²) in [5.41, 5.74) is -0.244. The minimum absolute atomic E-state index is 0.143. The summed E-state index contributed by atoms with van der Waals surface area (Å²) in [6.07, 6.45) is 2.26. The number of hydrogen-bond donors (Lipinski definition) is 1. The maximum absolute atomic E-state index is 12.4. The van der Waals surface area contributed by atoms with Gasteiger partial charge >= 0.3 is 11.9 Å². The van der Waals surface area contributed by atoms with Gasteiger partial charge in [0.05, 0.1) is 24.5 Å². The summed E-state index contributed by atoms with van der Waals surface area (Å²) in [4.78, 5) is 24.3. The molecule has 1 aliphatic carbocycles. The molecule has 5 heteroatoms. The molecule has 1 aromatic carbocycles. The average molecular weight is 318 g/mol. The normalized spacial score (nSPS) is 26.5. The molecule has 1 saturated carbocycles. The third-order valence-corrected chi connectivity index (χ3v) is 4.24. The molecule has 1 N–H and O–H groups in total. The number of benzene rings is 1. The van der Waals surface area contributed by atoms with Crippen molar-refractivity contribution >= 4 is 11.9 Å². The maximum Gasteiger partial charge on any atom is 0.310 e. The summed E-state index contributed by atoms with van der Waals surface area (Å²) in [5.74, 6) is -2.36. The summed E-state index contributed by atoms with van der Waals surface area (Å²) in [6.45, 7) is 3.76. The van der Waals surface area contributed by atoms with Crippen LogP contribution in [0.3, 0.4) is 0 Å². The van der Waals surface area contributed by atoms with Gasteiger partial charge in [-0.1, -0.05) is 36.4 Å². The van der Waals surface area contributed by atoms with Crippen LogP contribution in [0, 0.1) is 11.8 Å². The Morgan fingerprint density at radius 3 is 2.43 bits per heavy atom. The van der Waals surface area contributed by atoms with E-state index in [0.717, 1.165) is 5.56 Å². The van der Waals surface area contributed by atoms with Gasteiger partial charge in [-0.15, -0.1) is 6.58 Å². The first-order chi connectivity index (χ1) is 11.0. The molecule has 0 aliphatic heterocycles. The molecule has 1 fully saturated rings. The Morgan fingerprint density at radius 1 is 1.26 bits per heavy atom. The van der Waals surface area contributed by atoms with Crippen molar-refractivity contribution in [3.63, 3.8) is 0 Å². The van der Waals surface area contributed by atoms with Crippen molar-refractivity contribution < 1.29 is 24.2 Å². The van der Waals surface area contributed by atoms with Crippen molar-refractivity contribution in [3.05, 3.63) is 48.6 Å². The lowest BCUT2D eigenvalue weighted by Crippen LogP contribution is -2.27. The highest BCUT2D eigenvalue weighted by Gasteiger charge is 2.50. The number of ether oxygens (including phenoxy) is 2. The minimum atomic E-state index is -1.11. The van der Waals surface area contributed by atoms with E-state index in [9.17, 15) is 14.7 Å². The van der Waals surface area contributed by atoms with Crippen molar-refractivity contribution in [3.8, 4) is 0 Å². The first-order valence-corrected chi connectivity index (χ1v) is 7.61. The van der Waals surface area contributed by atoms with Gasteiger partial charge in [-0.3, -0.25) is 9.59 Å². The number of aliphatic hydroxyl groups is 1. The molecule has 0 amide bonds. The first kappa shape index (κ1) is 17.2. The predicted octanol–water partition coefficient (Wildman–Crippen LogP) is 2.24. The Bertz CT molecular complexity index is 568. The van der Waals surface area contributed by atoms with Gasteiger partial charge in [0.25, 0.3) is 0 Å². The Kier molecular flexibility index (Phi) is 5.55. The van der Waals surface area contributed by atoms with E-state index >= 15 is 0 Å². The fourth-order valence-corrected chi connectivity index (χ4v) is 3.10. The van der Waals surface area contributed by atoms with Crippen molar-refractivity contribution in [1.82, 2.24) is 0 Å². The molecule has 1 aliphatic rings. The van der Waals surface area contributed by atoms with Crippen molar-refractivity contribution in [2.75, 3.05) is 7.11 Å². The third-order valence-electron chi connectivity index (χ3n) is 4.24. The van der Waals surface area contributed by atoms with Crippen molar-refractivity contribution in [2.45, 2.75) is 31.5 Å². The van der Waals surface area contributed by atoms with E-state index in [-0.39, 0.29) is 19.4 Å².